The lowest BCUT2D eigenvalue weighted by Gasteiger charge is -2.22. The largest absolute Gasteiger partial charge is 0.466 e. The minimum absolute atomic E-state index is 0.00797. The molecule has 0 aliphatic carbocycles. The Morgan fingerprint density at radius 3 is 1.04 bits per heavy atom. The van der Waals surface area contributed by atoms with Gasteiger partial charge in [0.1, 0.15) is 0 Å². The first-order valence-corrected chi connectivity index (χ1v) is 34.1. The number of ether oxygens (including phenoxy) is 1. The number of carbonyl (C=O) groups excluding carboxylic acids is 2. The number of unbranched alkanes of at least 4 members (excludes halogenated alkanes) is 49. The second kappa shape index (κ2) is 64.9. The number of aliphatic hydroxyl groups excluding tert-OH is 2. The highest BCUT2D eigenvalue weighted by Gasteiger charge is 2.20. The van der Waals surface area contributed by atoms with Crippen LogP contribution in [0.3, 0.4) is 0 Å². The molecule has 2 unspecified atom stereocenters. The Morgan fingerprint density at radius 1 is 0.373 bits per heavy atom. The van der Waals surface area contributed by atoms with Gasteiger partial charge in [0.05, 0.1) is 25.4 Å². The Morgan fingerprint density at radius 2 is 0.667 bits per heavy atom. The zero-order valence-corrected chi connectivity index (χ0v) is 50.8. The molecule has 3 N–H and O–H groups in total. The molecular weight excluding hydrogens is 923 g/mol. The summed E-state index contributed by atoms with van der Waals surface area (Å²) in [5, 5.41) is 23.2. The van der Waals surface area contributed by atoms with Crippen molar-refractivity contribution in [2.75, 3.05) is 13.2 Å². The van der Waals surface area contributed by atoms with Gasteiger partial charge in [-0.1, -0.05) is 334 Å². The maximum Gasteiger partial charge on any atom is 0.305 e. The fourth-order valence-electron chi connectivity index (χ4n) is 10.8. The second-order valence-electron chi connectivity index (χ2n) is 23.5. The van der Waals surface area contributed by atoms with E-state index in [1.807, 2.05) is 0 Å². The summed E-state index contributed by atoms with van der Waals surface area (Å²) in [5.74, 6) is -0.0222. The molecule has 0 saturated heterocycles. The molecule has 1 amide bonds. The Kier molecular flexibility index (Phi) is 63.4. The lowest BCUT2D eigenvalue weighted by Crippen LogP contribution is -2.45. The van der Waals surface area contributed by atoms with E-state index >= 15 is 0 Å². The lowest BCUT2D eigenvalue weighted by molar-refractivity contribution is -0.143. The van der Waals surface area contributed by atoms with Gasteiger partial charge in [-0.2, -0.15) is 0 Å². The average Bonchev–Trinajstić information content (AvgIpc) is 3.41. The molecule has 0 aliphatic heterocycles. The topological polar surface area (TPSA) is 95.9 Å². The fourth-order valence-corrected chi connectivity index (χ4v) is 10.8. The minimum atomic E-state index is -0.658. The van der Waals surface area contributed by atoms with Gasteiger partial charge in [0, 0.05) is 12.8 Å². The van der Waals surface area contributed by atoms with Crippen LogP contribution in [0.4, 0.5) is 0 Å². The van der Waals surface area contributed by atoms with Crippen LogP contribution in [0.25, 0.3) is 0 Å². The highest BCUT2D eigenvalue weighted by atomic mass is 16.5. The van der Waals surface area contributed by atoms with E-state index in [2.05, 4.69) is 43.5 Å². The first kappa shape index (κ1) is 73.3. The van der Waals surface area contributed by atoms with Crippen molar-refractivity contribution in [3.63, 3.8) is 0 Å². The number of aliphatic hydroxyl groups is 2. The summed E-state index contributed by atoms with van der Waals surface area (Å²) in [6, 6.07) is -0.535. The molecule has 2 atom stereocenters. The Hall–Kier alpha value is -1.66. The number of rotatable bonds is 64. The van der Waals surface area contributed by atoms with Gasteiger partial charge in [0.25, 0.3) is 0 Å². The molecule has 6 heteroatoms. The normalized spacial score (nSPS) is 12.6. The number of esters is 1. The summed E-state index contributed by atoms with van der Waals surface area (Å²) >= 11 is 0. The van der Waals surface area contributed by atoms with Gasteiger partial charge in [-0.25, -0.2) is 0 Å². The molecule has 0 spiro atoms. The Balaban J connectivity index is 3.29. The predicted octanol–water partition coefficient (Wildman–Crippen LogP) is 21.8. The molecule has 0 fully saturated rings. The predicted molar refractivity (Wildman–Crippen MR) is 329 cm³/mol. The molecule has 0 radical (unpaired) electrons. The number of carbonyl (C=O) groups is 2. The van der Waals surface area contributed by atoms with Crippen LogP contribution in [0.15, 0.2) is 24.3 Å². The van der Waals surface area contributed by atoms with Crippen LogP contribution in [0.5, 0.6) is 0 Å². The van der Waals surface area contributed by atoms with Crippen LogP contribution in [0.2, 0.25) is 0 Å². The van der Waals surface area contributed by atoms with Gasteiger partial charge in [-0.05, 0) is 57.8 Å². The first-order chi connectivity index (χ1) is 37.0. The van der Waals surface area contributed by atoms with Crippen molar-refractivity contribution < 1.29 is 24.5 Å². The molecule has 0 saturated carbocycles. The van der Waals surface area contributed by atoms with E-state index < -0.39 is 12.1 Å². The van der Waals surface area contributed by atoms with E-state index in [0.717, 1.165) is 51.4 Å². The molecule has 0 aromatic rings. The standard InChI is InChI=1S/C69H133NO5/c1-3-5-7-9-11-13-15-16-36-40-43-47-51-55-59-63-69(74)75-64-60-56-52-48-44-41-38-35-33-31-29-27-25-23-21-19-17-18-20-22-24-26-28-30-32-34-37-39-42-46-50-54-58-62-68(73)70-66(65-71)67(72)61-57-53-49-45-14-12-10-8-6-4-2/h11,13,16,36,66-67,71-72H,3-10,12,14-15,17-35,37-65H2,1-2H3,(H,70,73)/b13-11-,36-16-. The zero-order chi connectivity index (χ0) is 54.3. The SMILES string of the molecule is CCCCC/C=C\C/C=C\CCCCCCCC(=O)OCCCCCCCCCCCCCCCCCCCCCCCCCCCCCCCCCCCC(=O)NC(CO)C(O)CCCCCCCCCCCC. The van der Waals surface area contributed by atoms with Crippen LogP contribution in [-0.2, 0) is 14.3 Å². The van der Waals surface area contributed by atoms with Crippen molar-refractivity contribution in [1.29, 1.82) is 0 Å². The highest BCUT2D eigenvalue weighted by molar-refractivity contribution is 5.76. The molecule has 0 aromatic carbocycles. The number of allylic oxidation sites excluding steroid dienone is 4. The monoisotopic (exact) mass is 1060 g/mol. The third-order valence-electron chi connectivity index (χ3n) is 16.0. The number of hydrogen-bond donors (Lipinski definition) is 3. The maximum absolute atomic E-state index is 12.4. The van der Waals surface area contributed by atoms with Gasteiger partial charge in [-0.15, -0.1) is 0 Å². The molecule has 75 heavy (non-hydrogen) atoms. The first-order valence-electron chi connectivity index (χ1n) is 34.1. The summed E-state index contributed by atoms with van der Waals surface area (Å²) in [5.41, 5.74) is 0. The van der Waals surface area contributed by atoms with Gasteiger partial charge in [0.15, 0.2) is 0 Å². The number of hydrogen-bond acceptors (Lipinski definition) is 5. The van der Waals surface area contributed by atoms with Crippen LogP contribution in [0.1, 0.15) is 380 Å². The molecule has 0 rings (SSSR count). The molecule has 0 heterocycles. The van der Waals surface area contributed by atoms with Crippen molar-refractivity contribution in [3.05, 3.63) is 24.3 Å². The van der Waals surface area contributed by atoms with E-state index in [9.17, 15) is 19.8 Å². The number of amides is 1. The van der Waals surface area contributed by atoms with Gasteiger partial charge >= 0.3 is 5.97 Å². The fraction of sp³-hybridized carbons (Fsp3) is 0.913. The van der Waals surface area contributed by atoms with Crippen molar-refractivity contribution in [3.8, 4) is 0 Å². The van der Waals surface area contributed by atoms with Crippen LogP contribution in [-0.4, -0.2) is 47.4 Å². The lowest BCUT2D eigenvalue weighted by atomic mass is 10.0. The zero-order valence-electron chi connectivity index (χ0n) is 50.8. The maximum atomic E-state index is 12.4. The molecule has 6 nitrogen and oxygen atoms in total. The smallest absolute Gasteiger partial charge is 0.305 e. The molecule has 444 valence electrons. The van der Waals surface area contributed by atoms with Gasteiger partial charge < -0.3 is 20.3 Å². The molecular formula is C69H133NO5. The van der Waals surface area contributed by atoms with Crippen LogP contribution >= 0.6 is 0 Å². The summed E-state index contributed by atoms with van der Waals surface area (Å²) in [4.78, 5) is 24.5. The third-order valence-corrected chi connectivity index (χ3v) is 16.0. The molecule has 0 bridgehead atoms. The van der Waals surface area contributed by atoms with Gasteiger partial charge in [-0.3, -0.25) is 9.59 Å². The van der Waals surface area contributed by atoms with Crippen LogP contribution < -0.4 is 5.32 Å². The van der Waals surface area contributed by atoms with E-state index in [-0.39, 0.29) is 18.5 Å². The van der Waals surface area contributed by atoms with E-state index in [0.29, 0.717) is 25.9 Å². The van der Waals surface area contributed by atoms with Crippen LogP contribution in [0, 0.1) is 0 Å². The molecule has 0 aliphatic rings. The summed E-state index contributed by atoms with van der Waals surface area (Å²) in [6.45, 7) is 4.93. The van der Waals surface area contributed by atoms with E-state index in [4.69, 9.17) is 4.74 Å². The second-order valence-corrected chi connectivity index (χ2v) is 23.5. The minimum Gasteiger partial charge on any atom is -0.466 e. The van der Waals surface area contributed by atoms with Crippen molar-refractivity contribution in [2.24, 2.45) is 0 Å². The van der Waals surface area contributed by atoms with E-state index in [1.165, 1.54) is 295 Å². The summed E-state index contributed by atoms with van der Waals surface area (Å²) < 4.78 is 5.49. The highest BCUT2D eigenvalue weighted by Crippen LogP contribution is 2.19. The third kappa shape index (κ3) is 61.4. The summed E-state index contributed by atoms with van der Waals surface area (Å²) in [7, 11) is 0. The number of nitrogens with one attached hydrogen (secondary N) is 1. The molecule has 0 aromatic heterocycles. The quantitative estimate of drug-likeness (QED) is 0.0320. The van der Waals surface area contributed by atoms with E-state index in [1.54, 1.807) is 0 Å². The van der Waals surface area contributed by atoms with Crippen molar-refractivity contribution in [1.82, 2.24) is 5.32 Å². The summed E-state index contributed by atoms with van der Waals surface area (Å²) in [6.07, 6.45) is 81.0. The van der Waals surface area contributed by atoms with Crippen molar-refractivity contribution >= 4 is 11.9 Å². The van der Waals surface area contributed by atoms with Crippen molar-refractivity contribution in [2.45, 2.75) is 392 Å². The Labute approximate surface area is 469 Å². The average molecular weight is 1060 g/mol. The Bertz CT molecular complexity index is 1170. The van der Waals surface area contributed by atoms with Gasteiger partial charge in [0.2, 0.25) is 5.91 Å².